The molecule has 90 valence electrons. The van der Waals surface area contributed by atoms with Crippen LogP contribution in [0.5, 0.6) is 5.75 Å². The fraction of sp³-hybridized carbons (Fsp3) is 0.294. The minimum Gasteiger partial charge on any atom is -0.485 e. The molecule has 0 aromatic heterocycles. The molecule has 0 saturated carbocycles. The second kappa shape index (κ2) is 3.88. The molecule has 4 rings (SSSR count). The van der Waals surface area contributed by atoms with Gasteiger partial charge in [-0.15, -0.1) is 0 Å². The molecule has 1 heteroatoms. The molecule has 0 amide bonds. The summed E-state index contributed by atoms with van der Waals surface area (Å²) in [6, 6.07) is 17.2. The van der Waals surface area contributed by atoms with E-state index >= 15 is 0 Å². The predicted octanol–water partition coefficient (Wildman–Crippen LogP) is 3.93. The summed E-state index contributed by atoms with van der Waals surface area (Å²) in [6.07, 6.45) is 3.87. The monoisotopic (exact) mass is 236 g/mol. The van der Waals surface area contributed by atoms with Gasteiger partial charge in [-0.2, -0.15) is 0 Å². The molecule has 0 radical (unpaired) electrons. The van der Waals surface area contributed by atoms with Crippen molar-refractivity contribution in [3.05, 3.63) is 65.2 Å². The number of hydrogen-bond donors (Lipinski definition) is 0. The van der Waals surface area contributed by atoms with Gasteiger partial charge in [0, 0.05) is 5.92 Å². The lowest BCUT2D eigenvalue weighted by Crippen LogP contribution is -2.30. The molecular weight excluding hydrogens is 220 g/mol. The number of aryl methyl sites for hydroxylation is 1. The summed E-state index contributed by atoms with van der Waals surface area (Å²) in [5, 5.41) is 0. The third-order valence-electron chi connectivity index (χ3n) is 4.28. The van der Waals surface area contributed by atoms with Crippen LogP contribution in [0.3, 0.4) is 0 Å². The van der Waals surface area contributed by atoms with Crippen molar-refractivity contribution in [1.29, 1.82) is 0 Å². The quantitative estimate of drug-likeness (QED) is 0.673. The normalized spacial score (nSPS) is 24.4. The van der Waals surface area contributed by atoms with Gasteiger partial charge in [0.1, 0.15) is 11.9 Å². The summed E-state index contributed by atoms with van der Waals surface area (Å²) in [7, 11) is 0. The average Bonchev–Trinajstić information content (AvgIpc) is 2.45. The van der Waals surface area contributed by atoms with Gasteiger partial charge in [0.05, 0.1) is 0 Å². The van der Waals surface area contributed by atoms with Crippen molar-refractivity contribution in [1.82, 2.24) is 0 Å². The highest BCUT2D eigenvalue weighted by molar-refractivity contribution is 5.40. The second-order valence-electron chi connectivity index (χ2n) is 5.35. The van der Waals surface area contributed by atoms with Crippen LogP contribution in [0.25, 0.3) is 0 Å². The minimum atomic E-state index is 0.268. The van der Waals surface area contributed by atoms with Crippen LogP contribution >= 0.6 is 0 Å². The van der Waals surface area contributed by atoms with E-state index in [-0.39, 0.29) is 6.10 Å². The maximum Gasteiger partial charge on any atom is 0.127 e. The molecule has 0 saturated heterocycles. The van der Waals surface area contributed by atoms with Crippen LogP contribution < -0.4 is 4.74 Å². The first-order valence-corrected chi connectivity index (χ1v) is 6.74. The van der Waals surface area contributed by atoms with Crippen LogP contribution in [-0.2, 0) is 12.8 Å². The van der Waals surface area contributed by atoms with Crippen LogP contribution in [0.1, 0.15) is 29.2 Å². The lowest BCUT2D eigenvalue weighted by Gasteiger charge is -2.38. The van der Waals surface area contributed by atoms with Gasteiger partial charge in [0.25, 0.3) is 0 Å². The van der Waals surface area contributed by atoms with E-state index in [4.69, 9.17) is 4.74 Å². The maximum atomic E-state index is 6.26. The van der Waals surface area contributed by atoms with Crippen molar-refractivity contribution >= 4 is 0 Å². The first-order chi connectivity index (χ1) is 8.92. The van der Waals surface area contributed by atoms with Crippen molar-refractivity contribution in [2.75, 3.05) is 0 Å². The van der Waals surface area contributed by atoms with E-state index in [9.17, 15) is 0 Å². The average molecular weight is 236 g/mol. The Morgan fingerprint density at radius 2 is 1.67 bits per heavy atom. The Morgan fingerprint density at radius 3 is 2.61 bits per heavy atom. The summed E-state index contributed by atoms with van der Waals surface area (Å²) in [6.45, 7) is 0. The summed E-state index contributed by atoms with van der Waals surface area (Å²) in [5.74, 6) is 1.73. The van der Waals surface area contributed by atoms with E-state index in [1.807, 2.05) is 0 Å². The molecule has 1 aliphatic heterocycles. The van der Waals surface area contributed by atoms with Crippen molar-refractivity contribution in [3.63, 3.8) is 0 Å². The second-order valence-corrected chi connectivity index (χ2v) is 5.35. The highest BCUT2D eigenvalue weighted by atomic mass is 16.5. The first-order valence-electron chi connectivity index (χ1n) is 6.74. The van der Waals surface area contributed by atoms with Crippen molar-refractivity contribution in [2.45, 2.75) is 25.4 Å². The van der Waals surface area contributed by atoms with E-state index in [1.165, 1.54) is 29.5 Å². The fourth-order valence-corrected chi connectivity index (χ4v) is 3.36. The molecule has 2 aromatic carbocycles. The maximum absolute atomic E-state index is 6.26. The largest absolute Gasteiger partial charge is 0.485 e. The van der Waals surface area contributed by atoms with Gasteiger partial charge in [-0.25, -0.2) is 0 Å². The van der Waals surface area contributed by atoms with Crippen LogP contribution in [-0.4, -0.2) is 0 Å². The van der Waals surface area contributed by atoms with Gasteiger partial charge >= 0.3 is 0 Å². The first kappa shape index (κ1) is 10.2. The van der Waals surface area contributed by atoms with E-state index < -0.39 is 0 Å². The number of ether oxygens (including phenoxy) is 1. The number of para-hydroxylation sites is 1. The molecular formula is C17H16O. The number of hydrogen-bond acceptors (Lipinski definition) is 1. The standard InChI is InChI=1S/C17H16O/c1-3-7-15-12(5-1)9-10-14-11-13-6-2-4-8-16(13)18-17(14)15/h1-8,14,17H,9-11H2. The Morgan fingerprint density at radius 1 is 0.889 bits per heavy atom. The molecule has 1 aliphatic carbocycles. The Balaban J connectivity index is 1.79. The summed E-state index contributed by atoms with van der Waals surface area (Å²) in [4.78, 5) is 0. The Kier molecular flexibility index (Phi) is 2.19. The molecule has 0 N–H and O–H groups in total. The summed E-state index contributed by atoms with van der Waals surface area (Å²) in [5.41, 5.74) is 4.25. The van der Waals surface area contributed by atoms with Crippen molar-refractivity contribution < 1.29 is 4.74 Å². The smallest absolute Gasteiger partial charge is 0.127 e. The van der Waals surface area contributed by atoms with E-state index in [2.05, 4.69) is 48.5 Å². The molecule has 2 aromatic rings. The van der Waals surface area contributed by atoms with Gasteiger partial charge in [-0.05, 0) is 42.0 Å². The predicted molar refractivity (Wildman–Crippen MR) is 71.8 cm³/mol. The van der Waals surface area contributed by atoms with Crippen LogP contribution in [0.15, 0.2) is 48.5 Å². The van der Waals surface area contributed by atoms with Crippen LogP contribution in [0.4, 0.5) is 0 Å². The van der Waals surface area contributed by atoms with Gasteiger partial charge in [0.2, 0.25) is 0 Å². The Bertz CT molecular complexity index is 588. The number of rotatable bonds is 0. The SMILES string of the molecule is c1ccc2c(c1)CC1CCc3ccccc3C1O2. The van der Waals surface area contributed by atoms with E-state index in [0.29, 0.717) is 5.92 Å². The molecule has 1 nitrogen and oxygen atoms in total. The molecule has 0 spiro atoms. The third-order valence-corrected chi connectivity index (χ3v) is 4.28. The zero-order chi connectivity index (χ0) is 11.9. The Hall–Kier alpha value is -1.76. The molecule has 2 unspecified atom stereocenters. The van der Waals surface area contributed by atoms with E-state index in [1.54, 1.807) is 0 Å². The molecule has 18 heavy (non-hydrogen) atoms. The molecule has 0 bridgehead atoms. The van der Waals surface area contributed by atoms with Gasteiger partial charge in [-0.3, -0.25) is 0 Å². The lowest BCUT2D eigenvalue weighted by molar-refractivity contribution is 0.0987. The van der Waals surface area contributed by atoms with Crippen LogP contribution in [0, 0.1) is 5.92 Å². The van der Waals surface area contributed by atoms with Gasteiger partial charge in [-0.1, -0.05) is 42.5 Å². The van der Waals surface area contributed by atoms with Gasteiger partial charge < -0.3 is 4.74 Å². The summed E-state index contributed by atoms with van der Waals surface area (Å²) >= 11 is 0. The van der Waals surface area contributed by atoms with Crippen molar-refractivity contribution in [3.8, 4) is 5.75 Å². The third kappa shape index (κ3) is 1.47. The number of benzene rings is 2. The Labute approximate surface area is 107 Å². The fourth-order valence-electron chi connectivity index (χ4n) is 3.36. The lowest BCUT2D eigenvalue weighted by atomic mass is 9.77. The molecule has 1 heterocycles. The van der Waals surface area contributed by atoms with Crippen LogP contribution in [0.2, 0.25) is 0 Å². The molecule has 0 fully saturated rings. The molecule has 2 aliphatic rings. The number of fused-ring (bicyclic) bond motifs is 4. The zero-order valence-electron chi connectivity index (χ0n) is 10.3. The topological polar surface area (TPSA) is 9.23 Å². The highest BCUT2D eigenvalue weighted by Gasteiger charge is 2.34. The van der Waals surface area contributed by atoms with Crippen molar-refractivity contribution in [2.24, 2.45) is 5.92 Å². The van der Waals surface area contributed by atoms with E-state index in [0.717, 1.165) is 12.2 Å². The highest BCUT2D eigenvalue weighted by Crippen LogP contribution is 2.44. The summed E-state index contributed by atoms with van der Waals surface area (Å²) < 4.78 is 6.26. The molecule has 2 atom stereocenters. The zero-order valence-corrected chi connectivity index (χ0v) is 10.3. The minimum absolute atomic E-state index is 0.268. The van der Waals surface area contributed by atoms with Gasteiger partial charge in [0.15, 0.2) is 0 Å².